The second-order valence-corrected chi connectivity index (χ2v) is 6.73. The number of nitrogens with zero attached hydrogens (tertiary/aromatic N) is 2. The molecule has 1 aliphatic rings. The molecule has 3 aromatic rings. The summed E-state index contributed by atoms with van der Waals surface area (Å²) in [5, 5.41) is 4.14. The Kier molecular flexibility index (Phi) is 4.30. The normalized spacial score (nSPS) is 15.0. The van der Waals surface area contributed by atoms with E-state index in [1.165, 1.54) is 38.0 Å². The first kappa shape index (κ1) is 15.3. The molecule has 1 aromatic heterocycles. The zero-order valence-electron chi connectivity index (χ0n) is 13.6. The van der Waals surface area contributed by atoms with Gasteiger partial charge >= 0.3 is 0 Å². The van der Waals surface area contributed by atoms with E-state index in [0.717, 1.165) is 27.6 Å². The lowest BCUT2D eigenvalue weighted by molar-refractivity contribution is 0.578. The first-order valence-corrected chi connectivity index (χ1v) is 8.89. The maximum atomic E-state index is 6.01. The number of fused-ring (bicyclic) bond motifs is 1. The lowest BCUT2D eigenvalue weighted by Crippen LogP contribution is -2.29. The number of halogens is 1. The summed E-state index contributed by atoms with van der Waals surface area (Å²) in [6.45, 7) is 3.01. The van der Waals surface area contributed by atoms with Gasteiger partial charge in [-0.2, -0.15) is 0 Å². The Bertz CT molecular complexity index is 819. The molecule has 0 amide bonds. The van der Waals surface area contributed by atoms with Crippen LogP contribution in [0.1, 0.15) is 25.1 Å². The van der Waals surface area contributed by atoms with Crippen molar-refractivity contribution in [3.05, 3.63) is 53.3 Å². The van der Waals surface area contributed by atoms with Crippen LogP contribution in [0.15, 0.2) is 42.5 Å². The molecule has 5 heteroatoms. The fourth-order valence-corrected chi connectivity index (χ4v) is 3.42. The van der Waals surface area contributed by atoms with Crippen molar-refractivity contribution in [2.24, 2.45) is 0 Å². The molecule has 24 heavy (non-hydrogen) atoms. The molecular weight excluding hydrogens is 320 g/mol. The van der Waals surface area contributed by atoms with Gasteiger partial charge in [0.15, 0.2) is 0 Å². The Balaban J connectivity index is 1.41. The fraction of sp³-hybridized carbons (Fsp3) is 0.316. The van der Waals surface area contributed by atoms with Crippen LogP contribution in [0.25, 0.3) is 11.0 Å². The summed E-state index contributed by atoms with van der Waals surface area (Å²) in [4.78, 5) is 10.3. The van der Waals surface area contributed by atoms with Crippen LogP contribution in [0.5, 0.6) is 0 Å². The maximum Gasteiger partial charge on any atom is 0.126 e. The molecule has 1 fully saturated rings. The smallest absolute Gasteiger partial charge is 0.126 e. The van der Waals surface area contributed by atoms with Crippen molar-refractivity contribution in [2.75, 3.05) is 23.3 Å². The minimum Gasteiger partial charge on any atom is -0.378 e. The predicted octanol–water partition coefficient (Wildman–Crippen LogP) is 4.82. The van der Waals surface area contributed by atoms with Crippen LogP contribution in [0, 0.1) is 0 Å². The summed E-state index contributed by atoms with van der Waals surface area (Å²) >= 11 is 6.01. The van der Waals surface area contributed by atoms with Gasteiger partial charge in [-0.25, -0.2) is 4.98 Å². The van der Waals surface area contributed by atoms with Crippen LogP contribution in [0.3, 0.4) is 0 Å². The minimum absolute atomic E-state index is 0.662. The van der Waals surface area contributed by atoms with Gasteiger partial charge < -0.3 is 15.2 Å². The summed E-state index contributed by atoms with van der Waals surface area (Å²) in [5.74, 6) is 0.910. The van der Waals surface area contributed by atoms with Crippen molar-refractivity contribution in [1.29, 1.82) is 0 Å². The molecule has 124 valence electrons. The first-order chi connectivity index (χ1) is 11.8. The molecule has 0 radical (unpaired) electrons. The highest BCUT2D eigenvalue weighted by Crippen LogP contribution is 2.22. The third-order valence-electron chi connectivity index (χ3n) is 4.54. The number of imidazole rings is 1. The number of anilines is 2. The summed E-state index contributed by atoms with van der Waals surface area (Å²) in [7, 11) is 0. The van der Waals surface area contributed by atoms with Gasteiger partial charge in [0.05, 0.1) is 17.6 Å². The molecule has 0 aliphatic carbocycles. The van der Waals surface area contributed by atoms with Crippen molar-refractivity contribution in [3.63, 3.8) is 0 Å². The van der Waals surface area contributed by atoms with Gasteiger partial charge in [-0.15, -0.1) is 0 Å². The number of hydrogen-bond acceptors (Lipinski definition) is 3. The average molecular weight is 341 g/mol. The number of benzene rings is 2. The van der Waals surface area contributed by atoms with E-state index in [-0.39, 0.29) is 0 Å². The van der Waals surface area contributed by atoms with Gasteiger partial charge in [-0.1, -0.05) is 11.6 Å². The number of nitrogens with one attached hydrogen (secondary N) is 2. The average Bonchev–Trinajstić information content (AvgIpc) is 3.03. The van der Waals surface area contributed by atoms with Crippen molar-refractivity contribution >= 4 is 34.0 Å². The van der Waals surface area contributed by atoms with E-state index in [1.807, 2.05) is 18.2 Å². The maximum absolute atomic E-state index is 6.01. The Morgan fingerprint density at radius 1 is 1.04 bits per heavy atom. The van der Waals surface area contributed by atoms with Gasteiger partial charge in [0.25, 0.3) is 0 Å². The summed E-state index contributed by atoms with van der Waals surface area (Å²) in [6.07, 6.45) is 3.96. The second-order valence-electron chi connectivity index (χ2n) is 6.29. The zero-order valence-corrected chi connectivity index (χ0v) is 14.3. The van der Waals surface area contributed by atoms with Crippen LogP contribution in [-0.2, 0) is 6.54 Å². The molecule has 0 spiro atoms. The minimum atomic E-state index is 0.662. The Hall–Kier alpha value is -2.20. The summed E-state index contributed by atoms with van der Waals surface area (Å²) in [6, 6.07) is 14.4. The number of hydrogen-bond donors (Lipinski definition) is 2. The molecule has 2 N–H and O–H groups in total. The zero-order chi connectivity index (χ0) is 16.4. The molecular formula is C19H21ClN4. The number of aromatic nitrogens is 2. The van der Waals surface area contributed by atoms with Gasteiger partial charge in [0.2, 0.25) is 0 Å². The standard InChI is InChI=1S/C19H21ClN4/c20-14-4-9-17-18(12-14)23-19(22-17)13-21-15-5-7-16(8-6-15)24-10-2-1-3-11-24/h4-9,12,21H,1-3,10-11,13H2,(H,22,23). The van der Waals surface area contributed by atoms with E-state index < -0.39 is 0 Å². The van der Waals surface area contributed by atoms with Gasteiger partial charge in [0, 0.05) is 29.5 Å². The topological polar surface area (TPSA) is 44.0 Å². The molecule has 0 bridgehead atoms. The summed E-state index contributed by atoms with van der Waals surface area (Å²) < 4.78 is 0. The highest BCUT2D eigenvalue weighted by Gasteiger charge is 2.10. The fourth-order valence-electron chi connectivity index (χ4n) is 3.25. The lowest BCUT2D eigenvalue weighted by Gasteiger charge is -2.28. The SMILES string of the molecule is Clc1ccc2nc(CNc3ccc(N4CCCCC4)cc3)[nH]c2c1. The van der Waals surface area contributed by atoms with E-state index in [1.54, 1.807) is 0 Å². The van der Waals surface area contributed by atoms with E-state index in [0.29, 0.717) is 6.54 Å². The van der Waals surface area contributed by atoms with Crippen LogP contribution in [0.2, 0.25) is 5.02 Å². The monoisotopic (exact) mass is 340 g/mol. The summed E-state index contributed by atoms with van der Waals surface area (Å²) in [5.41, 5.74) is 4.34. The van der Waals surface area contributed by atoms with Crippen molar-refractivity contribution in [3.8, 4) is 0 Å². The highest BCUT2D eigenvalue weighted by atomic mass is 35.5. The first-order valence-electron chi connectivity index (χ1n) is 8.51. The number of aromatic amines is 1. The Labute approximate surface area is 146 Å². The largest absolute Gasteiger partial charge is 0.378 e. The van der Waals surface area contributed by atoms with E-state index >= 15 is 0 Å². The third-order valence-corrected chi connectivity index (χ3v) is 4.78. The Morgan fingerprint density at radius 3 is 2.62 bits per heavy atom. The van der Waals surface area contributed by atoms with Crippen molar-refractivity contribution in [2.45, 2.75) is 25.8 Å². The number of rotatable bonds is 4. The molecule has 4 nitrogen and oxygen atoms in total. The Morgan fingerprint density at radius 2 is 1.83 bits per heavy atom. The predicted molar refractivity (Wildman–Crippen MR) is 101 cm³/mol. The van der Waals surface area contributed by atoms with Crippen LogP contribution in [0.4, 0.5) is 11.4 Å². The molecule has 0 saturated carbocycles. The molecule has 4 rings (SSSR count). The second kappa shape index (κ2) is 6.73. The highest BCUT2D eigenvalue weighted by molar-refractivity contribution is 6.31. The van der Waals surface area contributed by atoms with Gasteiger partial charge in [-0.05, 0) is 61.7 Å². The molecule has 0 atom stereocenters. The van der Waals surface area contributed by atoms with Crippen LogP contribution in [-0.4, -0.2) is 23.1 Å². The molecule has 2 aromatic carbocycles. The lowest BCUT2D eigenvalue weighted by atomic mass is 10.1. The molecule has 2 heterocycles. The van der Waals surface area contributed by atoms with Crippen LogP contribution >= 0.6 is 11.6 Å². The third kappa shape index (κ3) is 3.34. The van der Waals surface area contributed by atoms with E-state index in [2.05, 4.69) is 44.5 Å². The molecule has 1 saturated heterocycles. The van der Waals surface area contributed by atoms with Gasteiger partial charge in [0.1, 0.15) is 5.82 Å². The van der Waals surface area contributed by atoms with E-state index in [9.17, 15) is 0 Å². The number of H-pyrrole nitrogens is 1. The van der Waals surface area contributed by atoms with E-state index in [4.69, 9.17) is 11.6 Å². The van der Waals surface area contributed by atoms with Crippen molar-refractivity contribution < 1.29 is 0 Å². The number of piperidine rings is 1. The van der Waals surface area contributed by atoms with Gasteiger partial charge in [-0.3, -0.25) is 0 Å². The quantitative estimate of drug-likeness (QED) is 0.715. The molecule has 0 unspecified atom stereocenters. The van der Waals surface area contributed by atoms with Crippen molar-refractivity contribution in [1.82, 2.24) is 9.97 Å². The molecule has 1 aliphatic heterocycles. The van der Waals surface area contributed by atoms with Crippen LogP contribution < -0.4 is 10.2 Å².